The molecule has 3 fully saturated rings. The maximum Gasteiger partial charge on any atom is 0.238 e. The van der Waals surface area contributed by atoms with E-state index in [-0.39, 0.29) is 24.1 Å². The molecule has 0 aliphatic carbocycles. The lowest BCUT2D eigenvalue weighted by Gasteiger charge is -2.26. The summed E-state index contributed by atoms with van der Waals surface area (Å²) in [6.45, 7) is 0.940. The average molecular weight is 242 g/mol. The molecular formula is C11H18N2O2S. The highest BCUT2D eigenvalue weighted by atomic mass is 32.2. The molecule has 0 aromatic carbocycles. The number of ether oxygens (including phenoxy) is 1. The molecule has 0 saturated carbocycles. The predicted octanol–water partition coefficient (Wildman–Crippen LogP) is 0.127. The number of nitrogens with one attached hydrogen (secondary N) is 2. The van der Waals surface area contributed by atoms with Crippen LogP contribution in [0.2, 0.25) is 0 Å². The van der Waals surface area contributed by atoms with E-state index < -0.39 is 0 Å². The summed E-state index contributed by atoms with van der Waals surface area (Å²) < 4.78 is 5.73. The topological polar surface area (TPSA) is 50.4 Å². The van der Waals surface area contributed by atoms with Crippen molar-refractivity contribution in [1.82, 2.24) is 10.6 Å². The fourth-order valence-electron chi connectivity index (χ4n) is 2.81. The molecule has 1 amide bonds. The van der Waals surface area contributed by atoms with Gasteiger partial charge < -0.3 is 15.4 Å². The molecule has 90 valence electrons. The number of hydrogen-bond donors (Lipinski definition) is 2. The van der Waals surface area contributed by atoms with Crippen LogP contribution in [0.15, 0.2) is 0 Å². The normalized spacial score (nSPS) is 42.2. The quantitative estimate of drug-likeness (QED) is 0.722. The van der Waals surface area contributed by atoms with E-state index in [0.717, 1.165) is 30.9 Å². The smallest absolute Gasteiger partial charge is 0.238 e. The second kappa shape index (κ2) is 4.55. The molecule has 5 heteroatoms. The molecule has 2 bridgehead atoms. The zero-order chi connectivity index (χ0) is 11.0. The molecule has 3 aliphatic heterocycles. The Bertz CT molecular complexity index is 281. The van der Waals surface area contributed by atoms with Crippen LogP contribution < -0.4 is 10.6 Å². The van der Waals surface area contributed by atoms with Crippen molar-refractivity contribution >= 4 is 17.7 Å². The summed E-state index contributed by atoms with van der Waals surface area (Å²) in [7, 11) is 0. The summed E-state index contributed by atoms with van der Waals surface area (Å²) in [6.07, 6.45) is 3.99. The van der Waals surface area contributed by atoms with Gasteiger partial charge in [-0.1, -0.05) is 0 Å². The van der Waals surface area contributed by atoms with Gasteiger partial charge in [0, 0.05) is 18.1 Å². The van der Waals surface area contributed by atoms with E-state index in [0.29, 0.717) is 6.10 Å². The van der Waals surface area contributed by atoms with Gasteiger partial charge in [-0.05, 0) is 19.3 Å². The van der Waals surface area contributed by atoms with E-state index >= 15 is 0 Å². The molecule has 0 spiro atoms. The average Bonchev–Trinajstić information content (AvgIpc) is 2.92. The number of hydrogen-bond acceptors (Lipinski definition) is 4. The van der Waals surface area contributed by atoms with Crippen molar-refractivity contribution in [2.24, 2.45) is 0 Å². The lowest BCUT2D eigenvalue weighted by molar-refractivity contribution is -0.123. The number of thioether (sulfide) groups is 1. The third kappa shape index (κ3) is 2.08. The van der Waals surface area contributed by atoms with E-state index in [2.05, 4.69) is 10.6 Å². The van der Waals surface area contributed by atoms with Crippen LogP contribution in [0.3, 0.4) is 0 Å². The summed E-state index contributed by atoms with van der Waals surface area (Å²) in [5.41, 5.74) is 0. The monoisotopic (exact) mass is 242 g/mol. The molecular weight excluding hydrogens is 224 g/mol. The molecule has 16 heavy (non-hydrogen) atoms. The van der Waals surface area contributed by atoms with E-state index in [4.69, 9.17) is 4.74 Å². The van der Waals surface area contributed by atoms with Gasteiger partial charge in [-0.15, -0.1) is 0 Å². The van der Waals surface area contributed by atoms with Crippen molar-refractivity contribution < 1.29 is 9.53 Å². The van der Waals surface area contributed by atoms with Crippen LogP contribution in [-0.4, -0.2) is 48.2 Å². The number of carbonyl (C=O) groups excluding carboxylic acids is 1. The van der Waals surface area contributed by atoms with Crippen LogP contribution in [0.1, 0.15) is 19.3 Å². The SMILES string of the molecule is O=C(NC1CC2CCC1O2)C1CSCCN1. The first-order valence-corrected chi connectivity index (χ1v) is 7.25. The van der Waals surface area contributed by atoms with E-state index in [1.165, 1.54) is 6.42 Å². The minimum absolute atomic E-state index is 0.00197. The van der Waals surface area contributed by atoms with Crippen LogP contribution in [-0.2, 0) is 9.53 Å². The first-order valence-electron chi connectivity index (χ1n) is 6.10. The number of rotatable bonds is 2. The Kier molecular flexibility index (Phi) is 3.09. The number of carbonyl (C=O) groups is 1. The van der Waals surface area contributed by atoms with Crippen LogP contribution in [0.5, 0.6) is 0 Å². The van der Waals surface area contributed by atoms with Crippen LogP contribution >= 0.6 is 11.8 Å². The Hall–Kier alpha value is -0.260. The van der Waals surface area contributed by atoms with Gasteiger partial charge in [0.25, 0.3) is 0 Å². The second-order valence-electron chi connectivity index (χ2n) is 4.81. The standard InChI is InChI=1S/C11H18N2O2S/c14-11(9-6-16-4-3-12-9)13-8-5-7-1-2-10(8)15-7/h7-10,12H,1-6H2,(H,13,14). The highest BCUT2D eigenvalue weighted by Gasteiger charge is 2.42. The maximum absolute atomic E-state index is 12.0. The van der Waals surface area contributed by atoms with Crippen molar-refractivity contribution in [1.29, 1.82) is 0 Å². The van der Waals surface area contributed by atoms with Crippen molar-refractivity contribution in [3.8, 4) is 0 Å². The fourth-order valence-corrected chi connectivity index (χ4v) is 3.74. The van der Waals surface area contributed by atoms with Crippen molar-refractivity contribution in [3.05, 3.63) is 0 Å². The Morgan fingerprint density at radius 2 is 2.38 bits per heavy atom. The molecule has 0 aromatic heterocycles. The first kappa shape index (κ1) is 10.9. The van der Waals surface area contributed by atoms with E-state index in [1.807, 2.05) is 11.8 Å². The molecule has 4 atom stereocenters. The molecule has 3 rings (SSSR count). The molecule has 3 aliphatic rings. The third-order valence-electron chi connectivity index (χ3n) is 3.67. The minimum atomic E-state index is -0.00197. The van der Waals surface area contributed by atoms with Gasteiger partial charge in [-0.2, -0.15) is 11.8 Å². The van der Waals surface area contributed by atoms with Gasteiger partial charge in [0.05, 0.1) is 24.3 Å². The number of fused-ring (bicyclic) bond motifs is 2. The van der Waals surface area contributed by atoms with Gasteiger partial charge >= 0.3 is 0 Å². The van der Waals surface area contributed by atoms with Gasteiger partial charge in [0.2, 0.25) is 5.91 Å². The zero-order valence-electron chi connectivity index (χ0n) is 9.28. The summed E-state index contributed by atoms with van der Waals surface area (Å²) >= 11 is 1.85. The summed E-state index contributed by atoms with van der Waals surface area (Å²) in [6, 6.07) is 0.262. The van der Waals surface area contributed by atoms with Crippen LogP contribution in [0.25, 0.3) is 0 Å². The molecule has 3 heterocycles. The second-order valence-corrected chi connectivity index (χ2v) is 5.96. The minimum Gasteiger partial charge on any atom is -0.373 e. The molecule has 0 radical (unpaired) electrons. The molecule has 4 nitrogen and oxygen atoms in total. The van der Waals surface area contributed by atoms with Crippen molar-refractivity contribution in [3.63, 3.8) is 0 Å². The van der Waals surface area contributed by atoms with Gasteiger partial charge in [-0.3, -0.25) is 4.79 Å². The summed E-state index contributed by atoms with van der Waals surface area (Å²) in [5, 5.41) is 6.40. The number of amides is 1. The zero-order valence-corrected chi connectivity index (χ0v) is 10.1. The summed E-state index contributed by atoms with van der Waals surface area (Å²) in [4.78, 5) is 12.0. The van der Waals surface area contributed by atoms with Gasteiger partial charge in [-0.25, -0.2) is 0 Å². The largest absolute Gasteiger partial charge is 0.373 e. The molecule has 4 unspecified atom stereocenters. The molecule has 3 saturated heterocycles. The molecule has 2 N–H and O–H groups in total. The van der Waals surface area contributed by atoms with Crippen molar-refractivity contribution in [2.45, 2.75) is 43.6 Å². The lowest BCUT2D eigenvalue weighted by Crippen LogP contribution is -2.53. The van der Waals surface area contributed by atoms with Gasteiger partial charge in [0.15, 0.2) is 0 Å². The van der Waals surface area contributed by atoms with Crippen LogP contribution in [0.4, 0.5) is 0 Å². The highest BCUT2D eigenvalue weighted by molar-refractivity contribution is 7.99. The van der Waals surface area contributed by atoms with E-state index in [9.17, 15) is 4.79 Å². The highest BCUT2D eigenvalue weighted by Crippen LogP contribution is 2.34. The fraction of sp³-hybridized carbons (Fsp3) is 0.909. The summed E-state index contributed by atoms with van der Waals surface area (Å²) in [5.74, 6) is 2.17. The Labute approximate surface area is 99.9 Å². The third-order valence-corrected chi connectivity index (χ3v) is 4.73. The Morgan fingerprint density at radius 3 is 3.00 bits per heavy atom. The molecule has 0 aromatic rings. The van der Waals surface area contributed by atoms with Crippen LogP contribution in [0, 0.1) is 0 Å². The van der Waals surface area contributed by atoms with Crippen molar-refractivity contribution in [2.75, 3.05) is 18.1 Å². The lowest BCUT2D eigenvalue weighted by atomic mass is 9.95. The Balaban J connectivity index is 1.52. The van der Waals surface area contributed by atoms with E-state index in [1.54, 1.807) is 0 Å². The maximum atomic E-state index is 12.0. The van der Waals surface area contributed by atoms with Gasteiger partial charge in [0.1, 0.15) is 0 Å². The predicted molar refractivity (Wildman–Crippen MR) is 63.6 cm³/mol. The Morgan fingerprint density at radius 1 is 1.44 bits per heavy atom. The first-order chi connectivity index (χ1) is 7.83.